The Morgan fingerprint density at radius 3 is 2.32 bits per heavy atom. The highest BCUT2D eigenvalue weighted by Crippen LogP contribution is 2.18. The minimum Gasteiger partial charge on any atom is -0.464 e. The van der Waals surface area contributed by atoms with Gasteiger partial charge in [0.05, 0.1) is 6.61 Å². The first-order chi connectivity index (χ1) is 15.0. The Morgan fingerprint density at radius 2 is 1.81 bits per heavy atom. The molecule has 0 heterocycles. The Morgan fingerprint density at radius 1 is 1.16 bits per heavy atom. The second kappa shape index (κ2) is 19.9. The van der Waals surface area contributed by atoms with E-state index in [1.54, 1.807) is 18.7 Å². The summed E-state index contributed by atoms with van der Waals surface area (Å²) in [6, 6.07) is 5.24. The fourth-order valence-electron chi connectivity index (χ4n) is 2.71. The Bertz CT molecular complexity index is 696. The highest BCUT2D eigenvalue weighted by Gasteiger charge is 2.23. The van der Waals surface area contributed by atoms with Crippen LogP contribution in [0.5, 0.6) is 0 Å². The maximum absolute atomic E-state index is 13.0. The summed E-state index contributed by atoms with van der Waals surface area (Å²) < 4.78 is 5.12. The Balaban J connectivity index is 0. The van der Waals surface area contributed by atoms with Gasteiger partial charge in [0.2, 0.25) is 0 Å². The Labute approximate surface area is 194 Å². The maximum atomic E-state index is 13.0. The molecule has 0 aliphatic heterocycles. The molecule has 1 aromatic carbocycles. The summed E-state index contributed by atoms with van der Waals surface area (Å²) >= 11 is 1.64. The summed E-state index contributed by atoms with van der Waals surface area (Å²) in [5.74, 6) is 0.162. The van der Waals surface area contributed by atoms with Crippen LogP contribution in [0.1, 0.15) is 76.4 Å². The number of amides is 1. The molecule has 0 aliphatic rings. The van der Waals surface area contributed by atoms with E-state index >= 15 is 0 Å². The second-order valence-corrected chi connectivity index (χ2v) is 7.25. The van der Waals surface area contributed by atoms with Crippen LogP contribution in [-0.4, -0.2) is 36.5 Å². The van der Waals surface area contributed by atoms with Crippen molar-refractivity contribution in [3.05, 3.63) is 58.7 Å². The smallest absolute Gasteiger partial charge is 0.328 e. The number of hydrogen-bond acceptors (Lipinski definition) is 4. The lowest BCUT2D eigenvalue weighted by molar-refractivity contribution is -0.145. The molecule has 4 nitrogen and oxygen atoms in total. The SMILES string of the molecule is C/C=C\C(=C/C)Cc1ccc(C)cc1C(=O)NC(CCSC)C(=O)OCC.CC.CC. The van der Waals surface area contributed by atoms with Gasteiger partial charge in [-0.1, -0.05) is 63.6 Å². The van der Waals surface area contributed by atoms with Gasteiger partial charge in [-0.25, -0.2) is 4.79 Å². The van der Waals surface area contributed by atoms with E-state index in [0.29, 0.717) is 25.0 Å². The molecule has 1 rings (SSSR count). The molecule has 0 saturated heterocycles. The number of carbonyl (C=O) groups excluding carboxylic acids is 2. The van der Waals surface area contributed by atoms with Crippen LogP contribution < -0.4 is 5.32 Å². The molecule has 0 bridgehead atoms. The van der Waals surface area contributed by atoms with Crippen molar-refractivity contribution in [2.24, 2.45) is 0 Å². The number of allylic oxidation sites excluding steroid dienone is 4. The summed E-state index contributed by atoms with van der Waals surface area (Å²) in [6.07, 6.45) is 9.26. The number of benzene rings is 1. The zero-order valence-corrected chi connectivity index (χ0v) is 21.8. The second-order valence-electron chi connectivity index (χ2n) is 6.26. The van der Waals surface area contributed by atoms with E-state index in [9.17, 15) is 9.59 Å². The molecular weight excluding hydrogens is 406 g/mol. The summed E-state index contributed by atoms with van der Waals surface area (Å²) in [5, 5.41) is 2.88. The van der Waals surface area contributed by atoms with Crippen LogP contribution in [-0.2, 0) is 16.0 Å². The molecule has 0 aromatic heterocycles. The van der Waals surface area contributed by atoms with Gasteiger partial charge in [0.25, 0.3) is 5.91 Å². The van der Waals surface area contributed by atoms with Crippen molar-refractivity contribution < 1.29 is 14.3 Å². The molecule has 0 saturated carbocycles. The van der Waals surface area contributed by atoms with Crippen molar-refractivity contribution in [1.82, 2.24) is 5.32 Å². The van der Waals surface area contributed by atoms with Crippen LogP contribution in [0, 0.1) is 6.92 Å². The van der Waals surface area contributed by atoms with Gasteiger partial charge in [0.15, 0.2) is 0 Å². The fourth-order valence-corrected chi connectivity index (χ4v) is 3.18. The average molecular weight is 450 g/mol. The lowest BCUT2D eigenvalue weighted by Gasteiger charge is -2.18. The quantitative estimate of drug-likeness (QED) is 0.326. The number of esters is 1. The van der Waals surface area contributed by atoms with Gasteiger partial charge in [-0.05, 0) is 69.7 Å². The average Bonchev–Trinajstić information content (AvgIpc) is 2.79. The predicted octanol–water partition coefficient (Wildman–Crippen LogP) is 6.53. The van der Waals surface area contributed by atoms with Gasteiger partial charge in [-0.2, -0.15) is 11.8 Å². The summed E-state index contributed by atoms with van der Waals surface area (Å²) in [5.41, 5.74) is 3.70. The largest absolute Gasteiger partial charge is 0.464 e. The van der Waals surface area contributed by atoms with Crippen LogP contribution in [0.15, 0.2) is 42.0 Å². The van der Waals surface area contributed by atoms with E-state index in [4.69, 9.17) is 4.74 Å². The number of hydrogen-bond donors (Lipinski definition) is 1. The Kier molecular flexibility index (Phi) is 20.0. The van der Waals surface area contributed by atoms with E-state index in [0.717, 1.165) is 22.5 Å². The molecule has 1 aromatic rings. The molecular formula is C26H43NO3S. The Hall–Kier alpha value is -2.01. The van der Waals surface area contributed by atoms with E-state index < -0.39 is 6.04 Å². The minimum atomic E-state index is -0.630. The maximum Gasteiger partial charge on any atom is 0.328 e. The molecule has 0 radical (unpaired) electrons. The number of carbonyl (C=O) groups is 2. The molecule has 0 fully saturated rings. The lowest BCUT2D eigenvalue weighted by atomic mass is 9.96. The summed E-state index contributed by atoms with van der Waals surface area (Å²) in [6.45, 7) is 16.0. The highest BCUT2D eigenvalue weighted by atomic mass is 32.2. The van der Waals surface area contributed by atoms with Crippen LogP contribution >= 0.6 is 11.8 Å². The zero-order valence-electron chi connectivity index (χ0n) is 21.0. The van der Waals surface area contributed by atoms with Crippen LogP contribution in [0.4, 0.5) is 0 Å². The molecule has 1 amide bonds. The van der Waals surface area contributed by atoms with E-state index in [1.807, 2.05) is 91.1 Å². The third kappa shape index (κ3) is 12.4. The van der Waals surface area contributed by atoms with Gasteiger partial charge in [0, 0.05) is 5.56 Å². The van der Waals surface area contributed by atoms with Crippen LogP contribution in [0.25, 0.3) is 0 Å². The molecule has 0 spiro atoms. The number of nitrogens with one attached hydrogen (secondary N) is 1. The number of thioether (sulfide) groups is 1. The molecule has 5 heteroatoms. The number of aryl methyl sites for hydroxylation is 1. The molecule has 1 N–H and O–H groups in total. The minimum absolute atomic E-state index is 0.233. The molecule has 1 atom stereocenters. The van der Waals surface area contributed by atoms with Crippen LogP contribution in [0.2, 0.25) is 0 Å². The molecule has 176 valence electrons. The van der Waals surface area contributed by atoms with Crippen molar-refractivity contribution in [2.75, 3.05) is 18.6 Å². The van der Waals surface area contributed by atoms with Crippen molar-refractivity contribution in [1.29, 1.82) is 0 Å². The van der Waals surface area contributed by atoms with Gasteiger partial charge < -0.3 is 10.1 Å². The monoisotopic (exact) mass is 449 g/mol. The van der Waals surface area contributed by atoms with E-state index in [1.165, 1.54) is 0 Å². The van der Waals surface area contributed by atoms with Crippen molar-refractivity contribution in [3.63, 3.8) is 0 Å². The number of rotatable bonds is 10. The first-order valence-electron chi connectivity index (χ1n) is 11.3. The first-order valence-corrected chi connectivity index (χ1v) is 12.7. The first kappa shape index (κ1) is 31.2. The predicted molar refractivity (Wildman–Crippen MR) is 137 cm³/mol. The van der Waals surface area contributed by atoms with E-state index in [-0.39, 0.29) is 11.9 Å². The van der Waals surface area contributed by atoms with Crippen molar-refractivity contribution in [2.45, 2.75) is 74.3 Å². The lowest BCUT2D eigenvalue weighted by Crippen LogP contribution is -2.42. The van der Waals surface area contributed by atoms with Gasteiger partial charge in [0.1, 0.15) is 6.04 Å². The van der Waals surface area contributed by atoms with Crippen molar-refractivity contribution >= 4 is 23.6 Å². The highest BCUT2D eigenvalue weighted by molar-refractivity contribution is 7.98. The van der Waals surface area contributed by atoms with Gasteiger partial charge in [-0.3, -0.25) is 4.79 Å². The summed E-state index contributed by atoms with van der Waals surface area (Å²) in [7, 11) is 0. The topological polar surface area (TPSA) is 55.4 Å². The van der Waals surface area contributed by atoms with Crippen LogP contribution in [0.3, 0.4) is 0 Å². The third-order valence-electron chi connectivity index (χ3n) is 4.14. The van der Waals surface area contributed by atoms with Gasteiger partial charge in [-0.15, -0.1) is 0 Å². The molecule has 1 unspecified atom stereocenters. The van der Waals surface area contributed by atoms with E-state index in [2.05, 4.69) is 5.32 Å². The molecule has 0 aliphatic carbocycles. The van der Waals surface area contributed by atoms with Crippen molar-refractivity contribution in [3.8, 4) is 0 Å². The summed E-state index contributed by atoms with van der Waals surface area (Å²) in [4.78, 5) is 25.2. The fraction of sp³-hybridized carbons (Fsp3) is 0.538. The molecule has 31 heavy (non-hydrogen) atoms. The third-order valence-corrected chi connectivity index (χ3v) is 4.79. The van der Waals surface area contributed by atoms with Gasteiger partial charge >= 0.3 is 5.97 Å². The standard InChI is InChI=1S/C22H31NO3S.2C2H6/c1-6-9-17(7-2)15-18-11-10-16(4)14-19(18)21(24)23-20(12-13-27-5)22(25)26-8-3;2*1-2/h6-7,9-11,14,20H,8,12-13,15H2,1-5H3,(H,23,24);2*1-2H3/b9-6-,17-7+;;. The normalized spacial score (nSPS) is 11.6. The zero-order chi connectivity index (χ0) is 24.2. The number of ether oxygens (including phenoxy) is 1.